The van der Waals surface area contributed by atoms with Gasteiger partial charge in [0.25, 0.3) is 5.91 Å². The van der Waals surface area contributed by atoms with E-state index in [1.165, 1.54) is 38.0 Å². The van der Waals surface area contributed by atoms with Crippen molar-refractivity contribution in [3.8, 4) is 0 Å². The van der Waals surface area contributed by atoms with Crippen LogP contribution in [0.4, 0.5) is 0 Å². The van der Waals surface area contributed by atoms with Crippen LogP contribution in [-0.4, -0.2) is 66.9 Å². The molecular formula is C19H22ClN3O6S2. The van der Waals surface area contributed by atoms with E-state index in [1.807, 2.05) is 0 Å². The molecule has 1 saturated heterocycles. The molecule has 0 radical (unpaired) electrons. The maximum absolute atomic E-state index is 12.7. The number of thiazole rings is 1. The summed E-state index contributed by atoms with van der Waals surface area (Å²) in [5, 5.41) is 2.16. The Balaban J connectivity index is 1.45. The highest BCUT2D eigenvalue weighted by Gasteiger charge is 2.30. The van der Waals surface area contributed by atoms with Gasteiger partial charge in [-0.25, -0.2) is 8.42 Å². The number of nitrogens with zero attached hydrogens (tertiary/aromatic N) is 3. The van der Waals surface area contributed by atoms with Crippen LogP contribution in [0.5, 0.6) is 0 Å². The first-order valence-electron chi connectivity index (χ1n) is 9.52. The molecule has 0 aliphatic carbocycles. The van der Waals surface area contributed by atoms with Gasteiger partial charge in [-0.05, 0) is 31.2 Å². The van der Waals surface area contributed by atoms with Crippen molar-refractivity contribution >= 4 is 44.8 Å². The highest BCUT2D eigenvalue weighted by atomic mass is 35.5. The van der Waals surface area contributed by atoms with Crippen LogP contribution in [0, 0.1) is 6.92 Å². The van der Waals surface area contributed by atoms with Crippen LogP contribution in [0.25, 0.3) is 0 Å². The van der Waals surface area contributed by atoms with Gasteiger partial charge in [0.15, 0.2) is 6.61 Å². The Morgan fingerprint density at radius 3 is 2.35 bits per heavy atom. The normalized spacial score (nSPS) is 15.1. The van der Waals surface area contributed by atoms with E-state index in [9.17, 15) is 22.8 Å². The summed E-state index contributed by atoms with van der Waals surface area (Å²) in [6, 6.07) is 5.91. The van der Waals surface area contributed by atoms with Crippen molar-refractivity contribution in [3.63, 3.8) is 0 Å². The summed E-state index contributed by atoms with van der Waals surface area (Å²) in [4.78, 5) is 37.3. The van der Waals surface area contributed by atoms with Gasteiger partial charge >= 0.3 is 10.8 Å². The number of carbonyl (C=O) groups excluding carboxylic acids is 2. The molecular weight excluding hydrogens is 466 g/mol. The van der Waals surface area contributed by atoms with Gasteiger partial charge in [0.2, 0.25) is 10.0 Å². The quantitative estimate of drug-likeness (QED) is 0.545. The van der Waals surface area contributed by atoms with Crippen molar-refractivity contribution in [2.24, 2.45) is 0 Å². The predicted octanol–water partition coefficient (Wildman–Crippen LogP) is 1.34. The number of rotatable bonds is 7. The minimum atomic E-state index is -3.67. The monoisotopic (exact) mass is 487 g/mol. The molecule has 0 bridgehead atoms. The Labute approximate surface area is 188 Å². The molecule has 31 heavy (non-hydrogen) atoms. The van der Waals surface area contributed by atoms with Gasteiger partial charge in [-0.2, -0.15) is 4.31 Å². The van der Waals surface area contributed by atoms with E-state index in [4.69, 9.17) is 16.3 Å². The summed E-state index contributed by atoms with van der Waals surface area (Å²) in [6.07, 6.45) is -0.0160. The van der Waals surface area contributed by atoms with E-state index in [0.29, 0.717) is 5.02 Å². The molecule has 1 aliphatic rings. The van der Waals surface area contributed by atoms with Gasteiger partial charge in [0, 0.05) is 48.8 Å². The number of amides is 1. The average molecular weight is 488 g/mol. The van der Waals surface area contributed by atoms with Gasteiger partial charge < -0.3 is 14.2 Å². The third-order valence-corrected chi connectivity index (χ3v) is 7.96. The van der Waals surface area contributed by atoms with E-state index in [2.05, 4.69) is 0 Å². The molecule has 1 amide bonds. The fourth-order valence-corrected chi connectivity index (χ4v) is 5.43. The Bertz CT molecular complexity index is 1100. The second-order valence-corrected chi connectivity index (χ2v) is 10.1. The zero-order valence-electron chi connectivity index (χ0n) is 16.8. The molecule has 9 nitrogen and oxygen atoms in total. The largest absolute Gasteiger partial charge is 0.456 e. The van der Waals surface area contributed by atoms with Crippen LogP contribution in [0.3, 0.4) is 0 Å². The molecule has 0 unspecified atom stereocenters. The lowest BCUT2D eigenvalue weighted by Gasteiger charge is -2.33. The summed E-state index contributed by atoms with van der Waals surface area (Å²) in [5.74, 6) is -0.962. The number of ether oxygens (including phenoxy) is 1. The summed E-state index contributed by atoms with van der Waals surface area (Å²) < 4.78 is 33.2. The molecule has 1 aliphatic heterocycles. The number of benzene rings is 1. The topological polar surface area (TPSA) is 106 Å². The maximum atomic E-state index is 12.7. The van der Waals surface area contributed by atoms with E-state index < -0.39 is 22.6 Å². The van der Waals surface area contributed by atoms with Gasteiger partial charge in [0.1, 0.15) is 0 Å². The second-order valence-electron chi connectivity index (χ2n) is 6.94. The fourth-order valence-electron chi connectivity index (χ4n) is 3.12. The lowest BCUT2D eigenvalue weighted by molar-refractivity contribution is -0.152. The Morgan fingerprint density at radius 1 is 1.13 bits per heavy atom. The van der Waals surface area contributed by atoms with Crippen molar-refractivity contribution in [1.29, 1.82) is 0 Å². The molecule has 2 aromatic rings. The first-order chi connectivity index (χ1) is 14.7. The molecule has 0 spiro atoms. The molecule has 1 aromatic carbocycles. The zero-order chi connectivity index (χ0) is 22.6. The number of esters is 1. The molecule has 168 valence electrons. The standard InChI is InChI=1S/C19H22ClN3O6S2/c1-14-13-30-19(26)23(14)7-6-18(25)29-12-17(24)21-8-10-22(11-9-21)31(27,28)16-4-2-15(20)3-5-16/h2-5,13H,6-12H2,1H3. The molecule has 0 saturated carbocycles. The smallest absolute Gasteiger partial charge is 0.308 e. The van der Waals surface area contributed by atoms with Crippen molar-refractivity contribution in [3.05, 3.63) is 50.0 Å². The zero-order valence-corrected chi connectivity index (χ0v) is 19.2. The maximum Gasteiger partial charge on any atom is 0.308 e. The number of piperazine rings is 1. The van der Waals surface area contributed by atoms with Gasteiger partial charge in [0.05, 0.1) is 11.3 Å². The van der Waals surface area contributed by atoms with Crippen molar-refractivity contribution in [2.45, 2.75) is 24.8 Å². The van der Waals surface area contributed by atoms with Crippen LogP contribution in [0.1, 0.15) is 12.1 Å². The summed E-state index contributed by atoms with van der Waals surface area (Å²) in [7, 11) is -3.67. The highest BCUT2D eigenvalue weighted by molar-refractivity contribution is 7.89. The Morgan fingerprint density at radius 2 is 1.77 bits per heavy atom. The van der Waals surface area contributed by atoms with Crippen molar-refractivity contribution < 1.29 is 22.7 Å². The molecule has 12 heteroatoms. The van der Waals surface area contributed by atoms with Crippen LogP contribution in [-0.2, 0) is 30.9 Å². The van der Waals surface area contributed by atoms with E-state index in [1.54, 1.807) is 12.3 Å². The number of hydrogen-bond acceptors (Lipinski definition) is 7. The van der Waals surface area contributed by atoms with E-state index >= 15 is 0 Å². The number of halogens is 1. The van der Waals surface area contributed by atoms with Crippen molar-refractivity contribution in [1.82, 2.24) is 13.8 Å². The number of sulfonamides is 1. The summed E-state index contributed by atoms with van der Waals surface area (Å²) in [6.45, 7) is 2.25. The average Bonchev–Trinajstić information content (AvgIpc) is 3.08. The molecule has 3 rings (SSSR count). The van der Waals surface area contributed by atoms with Gasteiger partial charge in [-0.3, -0.25) is 14.4 Å². The van der Waals surface area contributed by atoms with Crippen LogP contribution < -0.4 is 4.87 Å². The minimum Gasteiger partial charge on any atom is -0.456 e. The summed E-state index contributed by atoms with van der Waals surface area (Å²) in [5.41, 5.74) is 0.769. The minimum absolute atomic E-state index is 0.0160. The molecule has 2 heterocycles. The molecule has 0 atom stereocenters. The lowest BCUT2D eigenvalue weighted by Crippen LogP contribution is -2.51. The molecule has 1 aromatic heterocycles. The third-order valence-electron chi connectivity index (χ3n) is 4.92. The van der Waals surface area contributed by atoms with Gasteiger partial charge in [-0.15, -0.1) is 0 Å². The first-order valence-corrected chi connectivity index (χ1v) is 12.2. The molecule has 1 fully saturated rings. The second kappa shape index (κ2) is 9.94. The number of carbonyl (C=O) groups is 2. The Hall–Kier alpha value is -2.21. The van der Waals surface area contributed by atoms with Crippen LogP contribution in [0.15, 0.2) is 39.3 Å². The van der Waals surface area contributed by atoms with E-state index in [-0.39, 0.29) is 54.8 Å². The van der Waals surface area contributed by atoms with Crippen molar-refractivity contribution in [2.75, 3.05) is 32.8 Å². The highest BCUT2D eigenvalue weighted by Crippen LogP contribution is 2.20. The van der Waals surface area contributed by atoms with Gasteiger partial charge in [-0.1, -0.05) is 22.9 Å². The number of hydrogen-bond donors (Lipinski definition) is 0. The summed E-state index contributed by atoms with van der Waals surface area (Å²) >= 11 is 6.87. The number of aromatic nitrogens is 1. The molecule has 0 N–H and O–H groups in total. The van der Waals surface area contributed by atoms with Crippen LogP contribution >= 0.6 is 22.9 Å². The van der Waals surface area contributed by atoms with Crippen LogP contribution in [0.2, 0.25) is 5.02 Å². The fraction of sp³-hybridized carbons (Fsp3) is 0.421. The SMILES string of the molecule is Cc1csc(=O)n1CCC(=O)OCC(=O)N1CCN(S(=O)(=O)c2ccc(Cl)cc2)CC1. The lowest BCUT2D eigenvalue weighted by atomic mass is 10.3. The third kappa shape index (κ3) is 5.73. The first kappa shape index (κ1) is 23.5. The Kier molecular flexibility index (Phi) is 7.52. The predicted molar refractivity (Wildman–Crippen MR) is 116 cm³/mol. The van der Waals surface area contributed by atoms with E-state index in [0.717, 1.165) is 17.0 Å². The number of aryl methyl sites for hydroxylation is 1.